The monoisotopic (exact) mass is 343 g/mol. The van der Waals surface area contributed by atoms with E-state index in [-0.39, 0.29) is 18.3 Å². The van der Waals surface area contributed by atoms with Crippen molar-refractivity contribution < 1.29 is 9.18 Å². The van der Waals surface area contributed by atoms with Crippen LogP contribution in [0.15, 0.2) is 53.4 Å². The Bertz CT molecular complexity index is 850. The minimum Gasteiger partial charge on any atom is -0.324 e. The van der Waals surface area contributed by atoms with E-state index in [0.29, 0.717) is 17.1 Å². The van der Waals surface area contributed by atoms with Crippen LogP contribution >= 0.6 is 11.8 Å². The molecule has 3 aromatic rings. The molecule has 0 aliphatic rings. The van der Waals surface area contributed by atoms with Crippen LogP contribution in [-0.2, 0) is 11.3 Å². The van der Waals surface area contributed by atoms with Gasteiger partial charge in [-0.05, 0) is 53.9 Å². The Balaban J connectivity index is 1.65. The van der Waals surface area contributed by atoms with E-state index in [0.717, 1.165) is 4.90 Å². The van der Waals surface area contributed by atoms with Crippen LogP contribution < -0.4 is 5.32 Å². The predicted molar refractivity (Wildman–Crippen MR) is 90.1 cm³/mol. The summed E-state index contributed by atoms with van der Waals surface area (Å²) >= 11 is 1.60. The van der Waals surface area contributed by atoms with Gasteiger partial charge >= 0.3 is 0 Å². The van der Waals surface area contributed by atoms with E-state index >= 15 is 0 Å². The summed E-state index contributed by atoms with van der Waals surface area (Å²) in [6, 6.07) is 13.3. The number of halogens is 1. The lowest BCUT2D eigenvalue weighted by atomic mass is 10.2. The van der Waals surface area contributed by atoms with Crippen molar-refractivity contribution in [1.82, 2.24) is 20.2 Å². The van der Waals surface area contributed by atoms with E-state index in [4.69, 9.17) is 0 Å². The molecule has 0 fully saturated rings. The maximum absolute atomic E-state index is 12.9. The average Bonchev–Trinajstić information content (AvgIpc) is 3.04. The molecule has 0 unspecified atom stereocenters. The second kappa shape index (κ2) is 7.22. The molecule has 2 aromatic carbocycles. The van der Waals surface area contributed by atoms with Crippen molar-refractivity contribution in [3.8, 4) is 11.4 Å². The molecule has 0 aliphatic carbocycles. The molecule has 1 amide bonds. The van der Waals surface area contributed by atoms with Gasteiger partial charge in [0.25, 0.3) is 0 Å². The second-order valence-corrected chi connectivity index (χ2v) is 5.81. The van der Waals surface area contributed by atoms with Crippen LogP contribution in [0.2, 0.25) is 0 Å². The maximum Gasteiger partial charge on any atom is 0.248 e. The summed E-state index contributed by atoms with van der Waals surface area (Å²) in [6.07, 6.45) is 1.97. The normalized spacial score (nSPS) is 10.6. The van der Waals surface area contributed by atoms with E-state index < -0.39 is 0 Å². The number of amides is 1. The molecule has 1 heterocycles. The van der Waals surface area contributed by atoms with E-state index in [9.17, 15) is 9.18 Å². The zero-order chi connectivity index (χ0) is 16.9. The topological polar surface area (TPSA) is 72.7 Å². The van der Waals surface area contributed by atoms with E-state index in [1.54, 1.807) is 23.9 Å². The number of anilines is 1. The third kappa shape index (κ3) is 3.96. The molecule has 1 N–H and O–H groups in total. The average molecular weight is 343 g/mol. The van der Waals surface area contributed by atoms with Crippen molar-refractivity contribution in [2.45, 2.75) is 11.4 Å². The van der Waals surface area contributed by atoms with Crippen LogP contribution in [0.1, 0.15) is 0 Å². The molecule has 0 bridgehead atoms. The first kappa shape index (κ1) is 16.1. The van der Waals surface area contributed by atoms with Gasteiger partial charge in [-0.1, -0.05) is 6.07 Å². The molecule has 1 aromatic heterocycles. The highest BCUT2D eigenvalue weighted by atomic mass is 32.2. The quantitative estimate of drug-likeness (QED) is 0.721. The van der Waals surface area contributed by atoms with Gasteiger partial charge in [-0.2, -0.15) is 4.80 Å². The lowest BCUT2D eigenvalue weighted by Crippen LogP contribution is -2.20. The summed E-state index contributed by atoms with van der Waals surface area (Å²) in [7, 11) is 0. The SMILES string of the molecule is CSc1cccc(NC(=O)Cn2nnc(-c3ccc(F)cc3)n2)c1. The molecular weight excluding hydrogens is 329 g/mol. The van der Waals surface area contributed by atoms with Crippen molar-refractivity contribution in [3.63, 3.8) is 0 Å². The molecule has 24 heavy (non-hydrogen) atoms. The minimum atomic E-state index is -0.335. The van der Waals surface area contributed by atoms with Gasteiger partial charge in [0, 0.05) is 16.1 Å². The highest BCUT2D eigenvalue weighted by Crippen LogP contribution is 2.19. The van der Waals surface area contributed by atoms with Gasteiger partial charge in [-0.15, -0.1) is 22.0 Å². The van der Waals surface area contributed by atoms with E-state index in [2.05, 4.69) is 20.7 Å². The third-order valence-corrected chi connectivity index (χ3v) is 3.92. The summed E-state index contributed by atoms with van der Waals surface area (Å²) in [4.78, 5) is 14.3. The fourth-order valence-electron chi connectivity index (χ4n) is 2.05. The van der Waals surface area contributed by atoms with Crippen LogP contribution in [0.3, 0.4) is 0 Å². The lowest BCUT2D eigenvalue weighted by molar-refractivity contribution is -0.117. The van der Waals surface area contributed by atoms with Crippen molar-refractivity contribution >= 4 is 23.4 Å². The summed E-state index contributed by atoms with van der Waals surface area (Å²) in [5, 5.41) is 14.7. The molecular formula is C16H14FN5OS. The number of thioether (sulfide) groups is 1. The second-order valence-electron chi connectivity index (χ2n) is 4.93. The largest absolute Gasteiger partial charge is 0.324 e. The molecule has 8 heteroatoms. The Labute approximate surface area is 142 Å². The van der Waals surface area contributed by atoms with Crippen molar-refractivity contribution in [3.05, 3.63) is 54.3 Å². The van der Waals surface area contributed by atoms with Crippen molar-refractivity contribution in [2.75, 3.05) is 11.6 Å². The number of aromatic nitrogens is 4. The zero-order valence-corrected chi connectivity index (χ0v) is 13.6. The van der Waals surface area contributed by atoms with Crippen LogP contribution in [0.25, 0.3) is 11.4 Å². The van der Waals surface area contributed by atoms with Crippen molar-refractivity contribution in [2.24, 2.45) is 0 Å². The summed E-state index contributed by atoms with van der Waals surface area (Å²) < 4.78 is 12.9. The summed E-state index contributed by atoms with van der Waals surface area (Å²) in [5.41, 5.74) is 1.35. The minimum absolute atomic E-state index is 0.0578. The number of rotatable bonds is 5. The first-order valence-corrected chi connectivity index (χ1v) is 8.34. The maximum atomic E-state index is 12.9. The smallest absolute Gasteiger partial charge is 0.248 e. The van der Waals surface area contributed by atoms with Crippen molar-refractivity contribution in [1.29, 1.82) is 0 Å². The Kier molecular flexibility index (Phi) is 4.85. The molecule has 0 saturated carbocycles. The van der Waals surface area contributed by atoms with Gasteiger partial charge in [0.15, 0.2) is 0 Å². The highest BCUT2D eigenvalue weighted by Gasteiger charge is 2.10. The number of nitrogens with zero attached hydrogens (tertiary/aromatic N) is 4. The molecule has 122 valence electrons. The van der Waals surface area contributed by atoms with E-state index in [1.165, 1.54) is 16.9 Å². The molecule has 6 nitrogen and oxygen atoms in total. The van der Waals surface area contributed by atoms with Gasteiger partial charge in [-0.25, -0.2) is 4.39 Å². The van der Waals surface area contributed by atoms with Crippen LogP contribution in [0.4, 0.5) is 10.1 Å². The Morgan fingerprint density at radius 2 is 2.04 bits per heavy atom. The molecule has 0 saturated heterocycles. The number of carbonyl (C=O) groups excluding carboxylic acids is 1. The fourth-order valence-corrected chi connectivity index (χ4v) is 2.51. The van der Waals surface area contributed by atoms with Gasteiger partial charge in [0.2, 0.25) is 11.7 Å². The number of hydrogen-bond donors (Lipinski definition) is 1. The molecule has 0 atom stereocenters. The number of nitrogens with one attached hydrogen (secondary N) is 1. The first-order valence-electron chi connectivity index (χ1n) is 7.12. The standard InChI is InChI=1S/C16H14FN5OS/c1-24-14-4-2-3-13(9-14)18-15(23)10-22-20-16(19-21-22)11-5-7-12(17)8-6-11/h2-9H,10H2,1H3,(H,18,23). The Hall–Kier alpha value is -2.74. The number of hydrogen-bond acceptors (Lipinski definition) is 5. The van der Waals surface area contributed by atoms with Crippen LogP contribution in [-0.4, -0.2) is 32.4 Å². The number of tetrazole rings is 1. The fraction of sp³-hybridized carbons (Fsp3) is 0.125. The Morgan fingerprint density at radius 1 is 1.25 bits per heavy atom. The molecule has 0 spiro atoms. The van der Waals surface area contributed by atoms with Gasteiger partial charge in [0.05, 0.1) is 0 Å². The molecule has 0 aliphatic heterocycles. The Morgan fingerprint density at radius 3 is 2.79 bits per heavy atom. The van der Waals surface area contributed by atoms with Gasteiger partial charge in [-0.3, -0.25) is 4.79 Å². The van der Waals surface area contributed by atoms with Gasteiger partial charge < -0.3 is 5.32 Å². The molecule has 0 radical (unpaired) electrons. The van der Waals surface area contributed by atoms with E-state index in [1.807, 2.05) is 30.5 Å². The predicted octanol–water partition coefficient (Wildman–Crippen LogP) is 2.84. The van der Waals surface area contributed by atoms with Crippen LogP contribution in [0.5, 0.6) is 0 Å². The lowest BCUT2D eigenvalue weighted by Gasteiger charge is -2.05. The summed E-state index contributed by atoms with van der Waals surface area (Å²) in [5.74, 6) is -0.249. The summed E-state index contributed by atoms with van der Waals surface area (Å²) in [6.45, 7) is -0.0578. The highest BCUT2D eigenvalue weighted by molar-refractivity contribution is 7.98. The first-order chi connectivity index (χ1) is 11.6. The zero-order valence-electron chi connectivity index (χ0n) is 12.8. The van der Waals surface area contributed by atoms with Crippen LogP contribution in [0, 0.1) is 5.82 Å². The number of benzene rings is 2. The molecule has 3 rings (SSSR count). The third-order valence-electron chi connectivity index (χ3n) is 3.19. The number of carbonyl (C=O) groups is 1. The van der Waals surface area contributed by atoms with Gasteiger partial charge in [0.1, 0.15) is 12.4 Å².